The Morgan fingerprint density at radius 2 is 1.96 bits per heavy atom. The first-order valence-electron chi connectivity index (χ1n) is 8.57. The maximum absolute atomic E-state index is 12.9. The van der Waals surface area contributed by atoms with E-state index in [0.29, 0.717) is 25.9 Å². The van der Waals surface area contributed by atoms with Gasteiger partial charge in [-0.15, -0.1) is 11.3 Å². The van der Waals surface area contributed by atoms with Gasteiger partial charge in [-0.1, -0.05) is 43.7 Å². The number of hydrogen-bond donors (Lipinski definition) is 1. The molecule has 0 radical (unpaired) electrons. The molecule has 0 bridgehead atoms. The zero-order valence-corrected chi connectivity index (χ0v) is 15.1. The number of carbonyl (C=O) groups is 1. The zero-order chi connectivity index (χ0) is 17.2. The highest BCUT2D eigenvalue weighted by Gasteiger charge is 2.36. The number of aromatic nitrogens is 1. The molecular weight excluding hydrogens is 320 g/mol. The molecule has 1 N–H and O–H groups in total. The number of aryl methyl sites for hydroxylation is 2. The third kappa shape index (κ3) is 3.37. The number of piperidine rings is 1. The smallest absolute Gasteiger partial charge is 0.265 e. The number of hydrogen-bond acceptors (Lipinski definition) is 4. The fourth-order valence-electron chi connectivity index (χ4n) is 3.30. The number of carbonyl (C=O) groups excluding carboxylic acids is 1. The molecule has 3 rings (SSSR count). The van der Waals surface area contributed by atoms with E-state index in [-0.39, 0.29) is 5.91 Å². The molecule has 5 heteroatoms. The first-order valence-corrected chi connectivity index (χ1v) is 9.38. The number of thiazole rings is 1. The fourth-order valence-corrected chi connectivity index (χ4v) is 4.24. The van der Waals surface area contributed by atoms with Crippen LogP contribution in [0.3, 0.4) is 0 Å². The van der Waals surface area contributed by atoms with Crippen molar-refractivity contribution in [2.45, 2.75) is 45.1 Å². The topological polar surface area (TPSA) is 53.4 Å². The summed E-state index contributed by atoms with van der Waals surface area (Å²) < 4.78 is 0. The average Bonchev–Trinajstić information content (AvgIpc) is 2.97. The first kappa shape index (κ1) is 17.1. The molecule has 0 saturated carbocycles. The molecule has 24 heavy (non-hydrogen) atoms. The number of amides is 1. The van der Waals surface area contributed by atoms with E-state index in [4.69, 9.17) is 0 Å². The first-order chi connectivity index (χ1) is 11.5. The van der Waals surface area contributed by atoms with Crippen molar-refractivity contribution in [2.24, 2.45) is 0 Å². The van der Waals surface area contributed by atoms with Crippen LogP contribution in [-0.2, 0) is 12.0 Å². The molecule has 0 unspecified atom stereocenters. The quantitative estimate of drug-likeness (QED) is 0.923. The van der Waals surface area contributed by atoms with Crippen LogP contribution in [0.2, 0.25) is 0 Å². The van der Waals surface area contributed by atoms with E-state index in [0.717, 1.165) is 34.0 Å². The van der Waals surface area contributed by atoms with Crippen molar-refractivity contribution in [3.63, 3.8) is 0 Å². The molecule has 4 nitrogen and oxygen atoms in total. The average molecular weight is 344 g/mol. The molecule has 0 aliphatic carbocycles. The van der Waals surface area contributed by atoms with Gasteiger partial charge in [-0.05, 0) is 31.7 Å². The highest BCUT2D eigenvalue weighted by atomic mass is 32.1. The summed E-state index contributed by atoms with van der Waals surface area (Å²) in [5.41, 5.74) is 1.04. The molecule has 1 amide bonds. The molecule has 1 aromatic heterocycles. The van der Waals surface area contributed by atoms with Gasteiger partial charge in [-0.25, -0.2) is 4.98 Å². The fraction of sp³-hybridized carbons (Fsp3) is 0.474. The van der Waals surface area contributed by atoms with Crippen LogP contribution >= 0.6 is 11.3 Å². The number of rotatable bonds is 4. The molecule has 2 heterocycles. The lowest BCUT2D eigenvalue weighted by Gasteiger charge is -2.38. The van der Waals surface area contributed by atoms with E-state index in [1.54, 1.807) is 0 Å². The molecule has 1 aromatic carbocycles. The van der Waals surface area contributed by atoms with Gasteiger partial charge in [0, 0.05) is 13.1 Å². The van der Waals surface area contributed by atoms with Crippen LogP contribution in [0.4, 0.5) is 0 Å². The van der Waals surface area contributed by atoms with Crippen LogP contribution in [0.25, 0.3) is 0 Å². The van der Waals surface area contributed by atoms with Gasteiger partial charge in [0.15, 0.2) is 0 Å². The predicted octanol–water partition coefficient (Wildman–Crippen LogP) is 3.53. The molecule has 1 fully saturated rings. The summed E-state index contributed by atoms with van der Waals surface area (Å²) in [6, 6.07) is 9.77. The van der Waals surface area contributed by atoms with Crippen molar-refractivity contribution < 1.29 is 9.90 Å². The molecule has 0 atom stereocenters. The van der Waals surface area contributed by atoms with Gasteiger partial charge in [0.2, 0.25) is 0 Å². The molecule has 1 aliphatic heterocycles. The Hall–Kier alpha value is -1.72. The van der Waals surface area contributed by atoms with Crippen molar-refractivity contribution in [3.05, 3.63) is 51.5 Å². The Bertz CT molecular complexity index is 703. The van der Waals surface area contributed by atoms with E-state index < -0.39 is 5.60 Å². The third-order valence-corrected chi connectivity index (χ3v) is 5.68. The van der Waals surface area contributed by atoms with Crippen molar-refractivity contribution in [2.75, 3.05) is 13.1 Å². The van der Waals surface area contributed by atoms with Crippen LogP contribution in [0.15, 0.2) is 30.3 Å². The van der Waals surface area contributed by atoms with Crippen molar-refractivity contribution in [1.29, 1.82) is 0 Å². The van der Waals surface area contributed by atoms with E-state index in [1.165, 1.54) is 11.3 Å². The summed E-state index contributed by atoms with van der Waals surface area (Å²) in [4.78, 5) is 20.0. The van der Waals surface area contributed by atoms with E-state index in [9.17, 15) is 9.90 Å². The van der Waals surface area contributed by atoms with Crippen LogP contribution < -0.4 is 0 Å². The highest BCUT2D eigenvalue weighted by Crippen LogP contribution is 2.33. The second kappa shape index (κ2) is 7.03. The van der Waals surface area contributed by atoms with E-state index in [2.05, 4.69) is 11.9 Å². The third-order valence-electron chi connectivity index (χ3n) is 4.67. The summed E-state index contributed by atoms with van der Waals surface area (Å²) in [6.07, 6.45) is 2.97. The standard InChI is InChI=1S/C19H24N2O2S/c1-3-7-16-17(24-14(2)20-16)18(22)21-12-10-19(23,11-13-21)15-8-5-4-6-9-15/h4-6,8-9,23H,3,7,10-13H2,1-2H3. The SMILES string of the molecule is CCCc1nc(C)sc1C(=O)N1CCC(O)(c2ccccc2)CC1. The number of likely N-dealkylation sites (tertiary alicyclic amines) is 1. The Morgan fingerprint density at radius 1 is 1.29 bits per heavy atom. The summed E-state index contributed by atoms with van der Waals surface area (Å²) in [6.45, 7) is 5.20. The lowest BCUT2D eigenvalue weighted by molar-refractivity contribution is -0.0210. The number of aliphatic hydroxyl groups is 1. The van der Waals surface area contributed by atoms with Crippen LogP contribution in [0.1, 0.15) is 52.1 Å². The van der Waals surface area contributed by atoms with Gasteiger partial charge in [-0.2, -0.15) is 0 Å². The van der Waals surface area contributed by atoms with E-state index >= 15 is 0 Å². The monoisotopic (exact) mass is 344 g/mol. The van der Waals surface area contributed by atoms with Crippen molar-refractivity contribution in [1.82, 2.24) is 9.88 Å². The second-order valence-corrected chi connectivity index (χ2v) is 7.65. The van der Waals surface area contributed by atoms with Gasteiger partial charge >= 0.3 is 0 Å². The largest absolute Gasteiger partial charge is 0.385 e. The lowest BCUT2D eigenvalue weighted by atomic mass is 9.84. The molecular formula is C19H24N2O2S. The van der Waals surface area contributed by atoms with Crippen LogP contribution in [0.5, 0.6) is 0 Å². The molecule has 1 saturated heterocycles. The van der Waals surface area contributed by atoms with Crippen molar-refractivity contribution in [3.8, 4) is 0 Å². The number of nitrogens with zero attached hydrogens (tertiary/aromatic N) is 2. The summed E-state index contributed by atoms with van der Waals surface area (Å²) in [5, 5.41) is 11.9. The molecule has 1 aliphatic rings. The van der Waals surface area contributed by atoms with E-state index in [1.807, 2.05) is 42.2 Å². The highest BCUT2D eigenvalue weighted by molar-refractivity contribution is 7.13. The summed E-state index contributed by atoms with van der Waals surface area (Å²) in [5.74, 6) is 0.0687. The number of benzene rings is 1. The zero-order valence-electron chi connectivity index (χ0n) is 14.3. The molecule has 2 aromatic rings. The maximum atomic E-state index is 12.9. The van der Waals surface area contributed by atoms with Crippen LogP contribution in [0, 0.1) is 6.92 Å². The molecule has 128 valence electrons. The predicted molar refractivity (Wildman–Crippen MR) is 96.3 cm³/mol. The lowest BCUT2D eigenvalue weighted by Crippen LogP contribution is -2.45. The van der Waals surface area contributed by atoms with Gasteiger partial charge in [0.1, 0.15) is 4.88 Å². The second-order valence-electron chi connectivity index (χ2n) is 6.45. The Kier molecular flexibility index (Phi) is 5.01. The molecule has 0 spiro atoms. The Labute approximate surface area is 147 Å². The summed E-state index contributed by atoms with van der Waals surface area (Å²) >= 11 is 1.49. The minimum absolute atomic E-state index is 0.0687. The minimum Gasteiger partial charge on any atom is -0.385 e. The van der Waals surface area contributed by atoms with Gasteiger partial charge in [0.05, 0.1) is 16.3 Å². The Balaban J connectivity index is 1.72. The normalized spacial score (nSPS) is 17.0. The van der Waals surface area contributed by atoms with Gasteiger partial charge in [0.25, 0.3) is 5.91 Å². The summed E-state index contributed by atoms with van der Waals surface area (Å²) in [7, 11) is 0. The Morgan fingerprint density at radius 3 is 2.58 bits per heavy atom. The van der Waals surface area contributed by atoms with Crippen LogP contribution in [-0.4, -0.2) is 34.0 Å². The van der Waals surface area contributed by atoms with Gasteiger partial charge < -0.3 is 10.0 Å². The maximum Gasteiger partial charge on any atom is 0.265 e. The van der Waals surface area contributed by atoms with Gasteiger partial charge in [-0.3, -0.25) is 4.79 Å². The van der Waals surface area contributed by atoms with Crippen molar-refractivity contribution >= 4 is 17.2 Å². The minimum atomic E-state index is -0.825.